The van der Waals surface area contributed by atoms with E-state index in [1.54, 1.807) is 0 Å². The minimum Gasteiger partial charge on any atom is -0.496 e. The summed E-state index contributed by atoms with van der Waals surface area (Å²) in [5.74, 6) is 2.86. The van der Waals surface area contributed by atoms with Crippen LogP contribution in [0.5, 0.6) is 11.5 Å². The van der Waals surface area contributed by atoms with E-state index in [2.05, 4.69) is 144 Å². The second-order valence-corrected chi connectivity index (χ2v) is 18.8. The number of hydrogen-bond donors (Lipinski definition) is 0. The molecule has 2 aliphatic carbocycles. The number of aryl methyl sites for hydroxylation is 4. The van der Waals surface area contributed by atoms with Crippen molar-refractivity contribution in [1.82, 2.24) is 0 Å². The van der Waals surface area contributed by atoms with Gasteiger partial charge in [-0.05, 0) is 85.8 Å². The van der Waals surface area contributed by atoms with Crippen molar-refractivity contribution in [2.75, 3.05) is 14.2 Å². The van der Waals surface area contributed by atoms with Gasteiger partial charge in [-0.2, -0.15) is 0 Å². The van der Waals surface area contributed by atoms with Gasteiger partial charge in [-0.25, -0.2) is 0 Å². The molecule has 2 atom stereocenters. The molecule has 2 aliphatic rings. The van der Waals surface area contributed by atoms with Crippen LogP contribution in [0.25, 0.3) is 34.4 Å². The molecule has 4 aromatic rings. The smallest absolute Gasteiger partial charge is 0.131 e. The van der Waals surface area contributed by atoms with Crippen LogP contribution >= 0.6 is 0 Å². The highest BCUT2D eigenvalue weighted by Crippen LogP contribution is 2.53. The molecule has 3 heteroatoms. The van der Waals surface area contributed by atoms with Crippen LogP contribution in [-0.4, -0.2) is 23.7 Å². The Morgan fingerprint density at radius 1 is 0.510 bits per heavy atom. The van der Waals surface area contributed by atoms with Gasteiger partial charge in [0.05, 0.1) is 14.2 Å². The van der Waals surface area contributed by atoms with Crippen LogP contribution in [0, 0.1) is 27.7 Å². The molecule has 0 fully saturated rings. The molecule has 0 aromatic heterocycles. The SMILES string of the molecule is COc1c(C(C)(C)C)cc2c(c1-c1cc(C)cc(C)c1)C=C(C)C2C[Si]CC1C(C)=Cc2c1cc(C(C)(C)C)c(OC)c2-c1cc(C)cc(C)c1. The second-order valence-electron chi connectivity index (χ2n) is 17.5. The van der Waals surface area contributed by atoms with Gasteiger partial charge in [0.25, 0.3) is 0 Å². The Morgan fingerprint density at radius 2 is 0.843 bits per heavy atom. The Kier molecular flexibility index (Phi) is 9.87. The molecule has 2 radical (unpaired) electrons. The third kappa shape index (κ3) is 6.91. The van der Waals surface area contributed by atoms with Gasteiger partial charge in [0.2, 0.25) is 0 Å². The van der Waals surface area contributed by atoms with Crippen LogP contribution in [0.3, 0.4) is 0 Å². The van der Waals surface area contributed by atoms with E-state index in [0.717, 1.165) is 33.1 Å². The maximum atomic E-state index is 6.29. The summed E-state index contributed by atoms with van der Waals surface area (Å²) in [6.07, 6.45) is 4.92. The van der Waals surface area contributed by atoms with Crippen molar-refractivity contribution in [3.05, 3.63) is 115 Å². The van der Waals surface area contributed by atoms with Gasteiger partial charge in [0.1, 0.15) is 11.5 Å². The molecule has 0 saturated heterocycles. The van der Waals surface area contributed by atoms with E-state index < -0.39 is 0 Å². The molecular formula is C48H58O2Si. The first kappa shape index (κ1) is 37.0. The topological polar surface area (TPSA) is 18.5 Å². The van der Waals surface area contributed by atoms with E-state index >= 15 is 0 Å². The number of rotatable bonds is 8. The number of hydrogen-bond acceptors (Lipinski definition) is 2. The highest BCUT2D eigenvalue weighted by atomic mass is 28.2. The Balaban J connectivity index is 1.39. The van der Waals surface area contributed by atoms with Crippen LogP contribution in [0.2, 0.25) is 12.1 Å². The van der Waals surface area contributed by atoms with Gasteiger partial charge in [0, 0.05) is 43.6 Å². The number of methoxy groups -OCH3 is 2. The lowest BCUT2D eigenvalue weighted by Crippen LogP contribution is -2.16. The molecule has 0 saturated carbocycles. The van der Waals surface area contributed by atoms with E-state index in [-0.39, 0.29) is 10.8 Å². The molecule has 2 unspecified atom stereocenters. The maximum Gasteiger partial charge on any atom is 0.131 e. The molecule has 0 aliphatic heterocycles. The first-order valence-electron chi connectivity index (χ1n) is 18.7. The van der Waals surface area contributed by atoms with Gasteiger partial charge >= 0.3 is 0 Å². The van der Waals surface area contributed by atoms with Crippen LogP contribution in [0.1, 0.15) is 123 Å². The molecule has 0 heterocycles. The molecule has 4 aromatic carbocycles. The molecule has 0 N–H and O–H groups in total. The number of allylic oxidation sites excluding steroid dienone is 2. The number of ether oxygens (including phenoxy) is 2. The molecule has 2 nitrogen and oxygen atoms in total. The van der Waals surface area contributed by atoms with Gasteiger partial charge in [-0.15, -0.1) is 0 Å². The van der Waals surface area contributed by atoms with E-state index in [4.69, 9.17) is 9.47 Å². The van der Waals surface area contributed by atoms with Gasteiger partial charge in [-0.1, -0.05) is 148 Å². The first-order chi connectivity index (χ1) is 23.9. The van der Waals surface area contributed by atoms with Gasteiger partial charge < -0.3 is 9.47 Å². The Morgan fingerprint density at radius 3 is 1.14 bits per heavy atom. The van der Waals surface area contributed by atoms with Crippen molar-refractivity contribution in [3.63, 3.8) is 0 Å². The number of benzene rings is 4. The number of fused-ring (bicyclic) bond motifs is 2. The minimum atomic E-state index is -0.0495. The summed E-state index contributed by atoms with van der Waals surface area (Å²) in [5, 5.41) is 0. The van der Waals surface area contributed by atoms with Crippen LogP contribution in [0.4, 0.5) is 0 Å². The molecule has 0 amide bonds. The predicted molar refractivity (Wildman–Crippen MR) is 221 cm³/mol. The lowest BCUT2D eigenvalue weighted by atomic mass is 9.80. The molecule has 0 spiro atoms. The third-order valence-corrected chi connectivity index (χ3v) is 12.4. The Labute approximate surface area is 311 Å². The fourth-order valence-electron chi connectivity index (χ4n) is 8.70. The standard InChI is InChI=1S/C48H58O2Si/c1-27-15-28(2)18-33(17-27)43-37-21-31(5)39(35(37)23-41(45(43)49-13)47(7,8)9)25-51-26-40-32(6)22-38-36(40)24-42(48(10,11)12)46(50-14)44(38)34-19-29(3)16-30(4)20-34/h15-24,39-40H,25-26H2,1-14H3. The average molecular weight is 695 g/mol. The third-order valence-electron chi connectivity index (χ3n) is 11.0. The summed E-state index contributed by atoms with van der Waals surface area (Å²) in [5.41, 5.74) is 21.2. The summed E-state index contributed by atoms with van der Waals surface area (Å²) >= 11 is 0. The summed E-state index contributed by atoms with van der Waals surface area (Å²) < 4.78 is 12.6. The largest absolute Gasteiger partial charge is 0.496 e. The maximum absolute atomic E-state index is 6.29. The van der Waals surface area contributed by atoms with E-state index in [1.807, 2.05) is 14.2 Å². The molecule has 6 rings (SSSR count). The quantitative estimate of drug-likeness (QED) is 0.171. The Hall–Kier alpha value is -3.82. The summed E-state index contributed by atoms with van der Waals surface area (Å²) in [7, 11) is 4.52. The predicted octanol–water partition coefficient (Wildman–Crippen LogP) is 13.1. The molecular weight excluding hydrogens is 637 g/mol. The lowest BCUT2D eigenvalue weighted by molar-refractivity contribution is 0.398. The van der Waals surface area contributed by atoms with Crippen molar-refractivity contribution in [2.45, 2.75) is 118 Å². The Bertz CT molecular complexity index is 1890. The molecule has 266 valence electrons. The second kappa shape index (κ2) is 13.6. The first-order valence-corrected chi connectivity index (χ1v) is 20.1. The monoisotopic (exact) mass is 694 g/mol. The lowest BCUT2D eigenvalue weighted by Gasteiger charge is -2.28. The summed E-state index contributed by atoms with van der Waals surface area (Å²) in [4.78, 5) is 0. The van der Waals surface area contributed by atoms with Crippen LogP contribution in [-0.2, 0) is 10.8 Å². The van der Waals surface area contributed by atoms with E-state index in [9.17, 15) is 0 Å². The van der Waals surface area contributed by atoms with Crippen molar-refractivity contribution >= 4 is 21.7 Å². The van der Waals surface area contributed by atoms with Gasteiger partial charge in [0.15, 0.2) is 0 Å². The fraction of sp³-hybridized carbons (Fsp3) is 0.417. The molecule has 51 heavy (non-hydrogen) atoms. The van der Waals surface area contributed by atoms with Crippen molar-refractivity contribution < 1.29 is 9.47 Å². The van der Waals surface area contributed by atoms with Crippen molar-refractivity contribution in [1.29, 1.82) is 0 Å². The fourth-order valence-corrected chi connectivity index (χ4v) is 10.5. The average Bonchev–Trinajstić information content (AvgIpc) is 3.51. The van der Waals surface area contributed by atoms with Crippen molar-refractivity contribution in [2.24, 2.45) is 0 Å². The normalized spacial score (nSPS) is 16.9. The zero-order chi connectivity index (χ0) is 37.2. The highest BCUT2D eigenvalue weighted by Gasteiger charge is 2.35. The van der Waals surface area contributed by atoms with E-state index in [0.29, 0.717) is 11.8 Å². The highest BCUT2D eigenvalue weighted by molar-refractivity contribution is 6.36. The molecule has 0 bridgehead atoms. The van der Waals surface area contributed by atoms with Crippen molar-refractivity contribution in [3.8, 4) is 33.8 Å². The summed E-state index contributed by atoms with van der Waals surface area (Å²) in [6, 6.07) is 21.1. The zero-order valence-electron chi connectivity index (χ0n) is 33.7. The van der Waals surface area contributed by atoms with Crippen LogP contribution in [0.15, 0.2) is 59.7 Å². The zero-order valence-corrected chi connectivity index (χ0v) is 34.7. The van der Waals surface area contributed by atoms with E-state index in [1.165, 1.54) is 89.0 Å². The summed E-state index contributed by atoms with van der Waals surface area (Å²) in [6.45, 7) is 27.4. The minimum absolute atomic E-state index is 0.0495. The van der Waals surface area contributed by atoms with Crippen LogP contribution < -0.4 is 9.47 Å². The van der Waals surface area contributed by atoms with Gasteiger partial charge in [-0.3, -0.25) is 0 Å².